The molecule has 0 spiro atoms. The molecule has 3 rings (SSSR count). The van der Waals surface area contributed by atoms with Gasteiger partial charge in [0.15, 0.2) is 0 Å². The van der Waals surface area contributed by atoms with Crippen molar-refractivity contribution in [2.45, 2.75) is 26.8 Å². The molecule has 1 aromatic heterocycles. The lowest BCUT2D eigenvalue weighted by molar-refractivity contribution is 0.0739. The van der Waals surface area contributed by atoms with E-state index in [9.17, 15) is 9.59 Å². The van der Waals surface area contributed by atoms with Crippen LogP contribution in [0.1, 0.15) is 35.1 Å². The van der Waals surface area contributed by atoms with Gasteiger partial charge in [0.05, 0.1) is 17.4 Å². The summed E-state index contributed by atoms with van der Waals surface area (Å²) in [5.41, 5.74) is 2.01. The first-order valence-electron chi connectivity index (χ1n) is 8.52. The molecule has 0 bridgehead atoms. The van der Waals surface area contributed by atoms with Crippen molar-refractivity contribution in [3.05, 3.63) is 74.8 Å². The highest BCUT2D eigenvalue weighted by molar-refractivity contribution is 6.31. The maximum absolute atomic E-state index is 12.8. The molecule has 0 saturated heterocycles. The number of hydrogen-bond donors (Lipinski definition) is 1. The van der Waals surface area contributed by atoms with Crippen LogP contribution in [0.3, 0.4) is 0 Å². The second-order valence-electron chi connectivity index (χ2n) is 6.27. The minimum absolute atomic E-state index is 0.0827. The summed E-state index contributed by atoms with van der Waals surface area (Å²) in [5, 5.41) is 0.993. The quantitative estimate of drug-likeness (QED) is 0.740. The van der Waals surface area contributed by atoms with E-state index in [-0.39, 0.29) is 18.0 Å². The first-order valence-corrected chi connectivity index (χ1v) is 8.90. The standard InChI is InChI=1S/C20H20ClN3O2/c1-3-10-24(20(26)14-6-4-13(2)5-7-14)12-18-22-17-11-15(21)8-9-16(17)19(25)23-18/h4-9,11H,3,10,12H2,1-2H3,(H,22,23,25). The Balaban J connectivity index is 1.92. The van der Waals surface area contributed by atoms with Crippen molar-refractivity contribution >= 4 is 28.4 Å². The highest BCUT2D eigenvalue weighted by atomic mass is 35.5. The number of fused-ring (bicyclic) bond motifs is 1. The van der Waals surface area contributed by atoms with E-state index in [2.05, 4.69) is 9.97 Å². The second-order valence-corrected chi connectivity index (χ2v) is 6.70. The van der Waals surface area contributed by atoms with Crippen molar-refractivity contribution < 1.29 is 4.79 Å². The summed E-state index contributed by atoms with van der Waals surface area (Å²) < 4.78 is 0. The number of H-pyrrole nitrogens is 1. The molecule has 0 atom stereocenters. The zero-order chi connectivity index (χ0) is 18.7. The van der Waals surface area contributed by atoms with Gasteiger partial charge in [0.1, 0.15) is 5.82 Å². The van der Waals surface area contributed by atoms with Gasteiger partial charge in [0.2, 0.25) is 0 Å². The van der Waals surface area contributed by atoms with Crippen LogP contribution in [0.5, 0.6) is 0 Å². The number of aromatic nitrogens is 2. The van der Waals surface area contributed by atoms with E-state index >= 15 is 0 Å². The second kappa shape index (κ2) is 7.70. The Kier molecular flexibility index (Phi) is 5.38. The third-order valence-electron chi connectivity index (χ3n) is 4.14. The molecule has 0 saturated carbocycles. The molecule has 2 aromatic carbocycles. The van der Waals surface area contributed by atoms with E-state index in [0.717, 1.165) is 12.0 Å². The Labute approximate surface area is 156 Å². The van der Waals surface area contributed by atoms with Crippen molar-refractivity contribution in [2.24, 2.45) is 0 Å². The van der Waals surface area contributed by atoms with Crippen LogP contribution < -0.4 is 5.56 Å². The molecular formula is C20H20ClN3O2. The lowest BCUT2D eigenvalue weighted by atomic mass is 10.1. The van der Waals surface area contributed by atoms with Gasteiger partial charge in [-0.25, -0.2) is 4.98 Å². The summed E-state index contributed by atoms with van der Waals surface area (Å²) in [5.74, 6) is 0.361. The van der Waals surface area contributed by atoms with E-state index in [1.54, 1.807) is 23.1 Å². The van der Waals surface area contributed by atoms with Gasteiger partial charge in [-0.15, -0.1) is 0 Å². The van der Waals surface area contributed by atoms with Gasteiger partial charge in [-0.05, 0) is 43.7 Å². The first-order chi connectivity index (χ1) is 12.5. The average Bonchev–Trinajstić information content (AvgIpc) is 2.61. The van der Waals surface area contributed by atoms with Crippen LogP contribution in [-0.2, 0) is 6.54 Å². The Hall–Kier alpha value is -2.66. The largest absolute Gasteiger partial charge is 0.331 e. The number of halogens is 1. The number of carbonyl (C=O) groups is 1. The molecule has 26 heavy (non-hydrogen) atoms. The van der Waals surface area contributed by atoms with Gasteiger partial charge >= 0.3 is 0 Å². The van der Waals surface area contributed by atoms with Gasteiger partial charge in [-0.1, -0.05) is 36.2 Å². The van der Waals surface area contributed by atoms with Crippen LogP contribution in [0.15, 0.2) is 47.3 Å². The number of aryl methyl sites for hydroxylation is 1. The maximum Gasteiger partial charge on any atom is 0.258 e. The molecular weight excluding hydrogens is 350 g/mol. The van der Waals surface area contributed by atoms with Gasteiger partial charge in [0.25, 0.3) is 11.5 Å². The van der Waals surface area contributed by atoms with E-state index < -0.39 is 0 Å². The topological polar surface area (TPSA) is 66.1 Å². The normalized spacial score (nSPS) is 10.9. The SMILES string of the molecule is CCCN(Cc1nc2cc(Cl)ccc2c(=O)[nH]1)C(=O)c1ccc(C)cc1. The van der Waals surface area contributed by atoms with Crippen LogP contribution >= 0.6 is 11.6 Å². The third-order valence-corrected chi connectivity index (χ3v) is 4.37. The Morgan fingerprint density at radius 2 is 1.92 bits per heavy atom. The molecule has 1 amide bonds. The van der Waals surface area contributed by atoms with E-state index in [0.29, 0.717) is 33.9 Å². The number of rotatable bonds is 5. The monoisotopic (exact) mass is 369 g/mol. The van der Waals surface area contributed by atoms with Crippen molar-refractivity contribution in [1.29, 1.82) is 0 Å². The summed E-state index contributed by atoms with van der Waals surface area (Å²) in [7, 11) is 0. The predicted molar refractivity (Wildman–Crippen MR) is 104 cm³/mol. The van der Waals surface area contributed by atoms with E-state index in [1.165, 1.54) is 0 Å². The molecule has 0 unspecified atom stereocenters. The number of nitrogens with zero attached hydrogens (tertiary/aromatic N) is 2. The molecule has 0 aliphatic rings. The lowest BCUT2D eigenvalue weighted by Gasteiger charge is -2.22. The van der Waals surface area contributed by atoms with E-state index in [4.69, 9.17) is 11.6 Å². The van der Waals surface area contributed by atoms with Crippen LogP contribution in [0.2, 0.25) is 5.02 Å². The highest BCUT2D eigenvalue weighted by Crippen LogP contribution is 2.16. The maximum atomic E-state index is 12.8. The smallest absolute Gasteiger partial charge is 0.258 e. The zero-order valence-electron chi connectivity index (χ0n) is 14.8. The molecule has 0 radical (unpaired) electrons. The van der Waals surface area contributed by atoms with Crippen LogP contribution in [0.25, 0.3) is 10.9 Å². The zero-order valence-corrected chi connectivity index (χ0v) is 15.5. The van der Waals surface area contributed by atoms with Gasteiger partial charge < -0.3 is 9.88 Å². The summed E-state index contributed by atoms with van der Waals surface area (Å²) in [6.45, 7) is 4.79. The molecule has 0 fully saturated rings. The minimum Gasteiger partial charge on any atom is -0.331 e. The molecule has 3 aromatic rings. The Bertz CT molecular complexity index is 996. The Morgan fingerprint density at radius 1 is 1.19 bits per heavy atom. The molecule has 1 N–H and O–H groups in total. The van der Waals surface area contributed by atoms with Gasteiger partial charge in [-0.3, -0.25) is 9.59 Å². The first kappa shape index (κ1) is 18.1. The summed E-state index contributed by atoms with van der Waals surface area (Å²) >= 11 is 6.01. The van der Waals surface area contributed by atoms with Crippen LogP contribution in [0, 0.1) is 6.92 Å². The number of amides is 1. The summed E-state index contributed by atoms with van der Waals surface area (Å²) in [4.78, 5) is 34.1. The fourth-order valence-electron chi connectivity index (χ4n) is 2.82. The van der Waals surface area contributed by atoms with Crippen molar-refractivity contribution in [3.63, 3.8) is 0 Å². The number of carbonyl (C=O) groups excluding carboxylic acids is 1. The van der Waals surface area contributed by atoms with Crippen LogP contribution in [0.4, 0.5) is 0 Å². The number of benzene rings is 2. The molecule has 0 aliphatic carbocycles. The molecule has 5 nitrogen and oxygen atoms in total. The number of aromatic amines is 1. The van der Waals surface area contributed by atoms with Crippen molar-refractivity contribution in [1.82, 2.24) is 14.9 Å². The third kappa shape index (κ3) is 3.94. The lowest BCUT2D eigenvalue weighted by Crippen LogP contribution is -2.32. The average molecular weight is 370 g/mol. The minimum atomic E-state index is -0.235. The highest BCUT2D eigenvalue weighted by Gasteiger charge is 2.17. The predicted octanol–water partition coefficient (Wildman–Crippen LogP) is 3.94. The van der Waals surface area contributed by atoms with Crippen molar-refractivity contribution in [2.75, 3.05) is 6.54 Å². The van der Waals surface area contributed by atoms with E-state index in [1.807, 2.05) is 38.1 Å². The molecule has 1 heterocycles. The van der Waals surface area contributed by atoms with Crippen LogP contribution in [-0.4, -0.2) is 27.3 Å². The number of hydrogen-bond acceptors (Lipinski definition) is 3. The molecule has 0 aliphatic heterocycles. The Morgan fingerprint density at radius 3 is 2.62 bits per heavy atom. The number of nitrogens with one attached hydrogen (secondary N) is 1. The van der Waals surface area contributed by atoms with Crippen molar-refractivity contribution in [3.8, 4) is 0 Å². The fraction of sp³-hybridized carbons (Fsp3) is 0.250. The molecule has 6 heteroatoms. The summed E-state index contributed by atoms with van der Waals surface area (Å²) in [6.07, 6.45) is 0.807. The molecule has 134 valence electrons. The fourth-order valence-corrected chi connectivity index (χ4v) is 2.98. The summed E-state index contributed by atoms with van der Waals surface area (Å²) in [6, 6.07) is 12.4. The van der Waals surface area contributed by atoms with Gasteiger partial charge in [-0.2, -0.15) is 0 Å². The van der Waals surface area contributed by atoms with Gasteiger partial charge in [0, 0.05) is 17.1 Å².